The first kappa shape index (κ1) is 21.3. The molecule has 1 aliphatic rings. The summed E-state index contributed by atoms with van der Waals surface area (Å²) in [5.74, 6) is -0.486. The minimum absolute atomic E-state index is 0.230. The summed E-state index contributed by atoms with van der Waals surface area (Å²) in [5.41, 5.74) is 2.09. The van der Waals surface area contributed by atoms with Gasteiger partial charge in [0.05, 0.1) is 34.1 Å². The average molecular weight is 457 g/mol. The van der Waals surface area contributed by atoms with Gasteiger partial charge in [-0.05, 0) is 50.6 Å². The van der Waals surface area contributed by atoms with Gasteiger partial charge in [-0.3, -0.25) is 14.0 Å². The molecule has 0 saturated heterocycles. The predicted molar refractivity (Wildman–Crippen MR) is 120 cm³/mol. The third-order valence-corrected chi connectivity index (χ3v) is 6.20. The summed E-state index contributed by atoms with van der Waals surface area (Å²) in [6.45, 7) is 6.47. The van der Waals surface area contributed by atoms with E-state index in [4.69, 9.17) is 16.3 Å². The maximum absolute atomic E-state index is 13.4. The first-order valence-electron chi connectivity index (χ1n) is 9.91. The Hall–Kier alpha value is -2.97. The number of esters is 1. The van der Waals surface area contributed by atoms with Crippen LogP contribution >= 0.6 is 22.9 Å². The maximum Gasteiger partial charge on any atom is 0.338 e. The molecule has 160 valence electrons. The highest BCUT2D eigenvalue weighted by Crippen LogP contribution is 2.31. The first-order chi connectivity index (χ1) is 14.9. The van der Waals surface area contributed by atoms with E-state index >= 15 is 0 Å². The van der Waals surface area contributed by atoms with Crippen LogP contribution in [0.4, 0.5) is 0 Å². The van der Waals surface area contributed by atoms with Gasteiger partial charge in [0.25, 0.3) is 5.56 Å². The molecule has 0 N–H and O–H groups in total. The van der Waals surface area contributed by atoms with Gasteiger partial charge in [-0.25, -0.2) is 9.79 Å². The van der Waals surface area contributed by atoms with Crippen molar-refractivity contribution in [1.29, 1.82) is 0 Å². The van der Waals surface area contributed by atoms with Crippen LogP contribution in [0.15, 0.2) is 57.6 Å². The van der Waals surface area contributed by atoms with Crippen molar-refractivity contribution >= 4 is 35.0 Å². The number of allylic oxidation sites excluding steroid dienone is 1. The zero-order chi connectivity index (χ0) is 22.1. The number of ether oxygens (including phenoxy) is 1. The molecule has 0 saturated carbocycles. The fraction of sp³-hybridized carbons (Fsp3) is 0.273. The van der Waals surface area contributed by atoms with Crippen molar-refractivity contribution in [1.82, 2.24) is 14.3 Å². The van der Waals surface area contributed by atoms with Crippen LogP contribution in [0, 0.1) is 0 Å². The molecule has 0 aliphatic carbocycles. The molecule has 1 aliphatic heterocycles. The Morgan fingerprint density at radius 3 is 2.65 bits per heavy atom. The van der Waals surface area contributed by atoms with Gasteiger partial charge >= 0.3 is 5.97 Å². The lowest BCUT2D eigenvalue weighted by Crippen LogP contribution is -2.39. The molecule has 2 aromatic heterocycles. The van der Waals surface area contributed by atoms with Crippen LogP contribution in [-0.4, -0.2) is 26.9 Å². The van der Waals surface area contributed by atoms with E-state index in [0.717, 1.165) is 12.1 Å². The zero-order valence-electron chi connectivity index (χ0n) is 17.3. The Balaban J connectivity index is 1.93. The number of hydrogen-bond donors (Lipinski definition) is 0. The zero-order valence-corrected chi connectivity index (χ0v) is 18.9. The molecule has 31 heavy (non-hydrogen) atoms. The predicted octanol–water partition coefficient (Wildman–Crippen LogP) is 2.67. The summed E-state index contributed by atoms with van der Waals surface area (Å²) in [4.78, 5) is 31.3. The Morgan fingerprint density at radius 2 is 2.00 bits per heavy atom. The van der Waals surface area contributed by atoms with Gasteiger partial charge in [-0.1, -0.05) is 35.1 Å². The molecule has 0 radical (unpaired) electrons. The third kappa shape index (κ3) is 4.00. The van der Waals surface area contributed by atoms with E-state index in [1.807, 2.05) is 31.3 Å². The molecule has 4 rings (SSSR count). The molecule has 0 fully saturated rings. The lowest BCUT2D eigenvalue weighted by Gasteiger charge is -2.24. The molecule has 1 aromatic carbocycles. The molecular weight excluding hydrogens is 436 g/mol. The van der Waals surface area contributed by atoms with Crippen molar-refractivity contribution in [2.24, 2.45) is 4.99 Å². The smallest absolute Gasteiger partial charge is 0.338 e. The SMILES string of the molecule is CCOC(=O)C1=C(C)N=c2s/c(=C/c3ccn(CC)n3)c(=O)n2[C@@H]1c1ccc(Cl)cc1. The molecule has 0 amide bonds. The van der Waals surface area contributed by atoms with E-state index in [-0.39, 0.29) is 12.2 Å². The van der Waals surface area contributed by atoms with Gasteiger partial charge in [-0.2, -0.15) is 5.10 Å². The minimum atomic E-state index is -0.650. The van der Waals surface area contributed by atoms with Crippen molar-refractivity contribution in [3.05, 3.63) is 83.8 Å². The second kappa shape index (κ2) is 8.64. The van der Waals surface area contributed by atoms with E-state index in [2.05, 4.69) is 10.1 Å². The fourth-order valence-corrected chi connectivity index (χ4v) is 4.67. The topological polar surface area (TPSA) is 78.5 Å². The third-order valence-electron chi connectivity index (χ3n) is 4.97. The quantitative estimate of drug-likeness (QED) is 0.553. The van der Waals surface area contributed by atoms with Crippen LogP contribution in [-0.2, 0) is 16.1 Å². The van der Waals surface area contributed by atoms with Crippen molar-refractivity contribution in [2.45, 2.75) is 33.4 Å². The standard InChI is InChI=1S/C22H21ClN4O3S/c1-4-26-11-10-16(25-26)12-17-20(28)27-19(14-6-8-15(23)9-7-14)18(21(29)30-5-2)13(3)24-22(27)31-17/h6-12,19H,4-5H2,1-3H3/b17-12+/t19-/m1/s1. The summed E-state index contributed by atoms with van der Waals surface area (Å²) < 4.78 is 9.13. The molecule has 0 bridgehead atoms. The van der Waals surface area contributed by atoms with Gasteiger partial charge in [0.1, 0.15) is 0 Å². The van der Waals surface area contributed by atoms with Crippen molar-refractivity contribution in [2.75, 3.05) is 6.61 Å². The van der Waals surface area contributed by atoms with Crippen LogP contribution in [0.5, 0.6) is 0 Å². The second-order valence-electron chi connectivity index (χ2n) is 6.95. The highest BCUT2D eigenvalue weighted by molar-refractivity contribution is 7.07. The number of nitrogens with zero attached hydrogens (tertiary/aromatic N) is 4. The molecule has 0 unspecified atom stereocenters. The maximum atomic E-state index is 13.4. The minimum Gasteiger partial charge on any atom is -0.463 e. The molecule has 3 aromatic rings. The Morgan fingerprint density at radius 1 is 1.26 bits per heavy atom. The first-order valence-corrected chi connectivity index (χ1v) is 11.1. The Bertz CT molecular complexity index is 1350. The Labute approximate surface area is 187 Å². The fourth-order valence-electron chi connectivity index (χ4n) is 3.52. The van der Waals surface area contributed by atoms with Crippen LogP contribution in [0.25, 0.3) is 6.08 Å². The summed E-state index contributed by atoms with van der Waals surface area (Å²) in [7, 11) is 0. The number of aryl methyl sites for hydroxylation is 1. The van der Waals surface area contributed by atoms with Crippen molar-refractivity contribution < 1.29 is 9.53 Å². The number of fused-ring (bicyclic) bond motifs is 1. The molecule has 0 spiro atoms. The van der Waals surface area contributed by atoms with Gasteiger partial charge in [0, 0.05) is 17.8 Å². The van der Waals surface area contributed by atoms with Crippen molar-refractivity contribution in [3.8, 4) is 0 Å². The van der Waals surface area contributed by atoms with Gasteiger partial charge in [0.15, 0.2) is 4.80 Å². The lowest BCUT2D eigenvalue weighted by molar-refractivity contribution is -0.139. The molecule has 1 atom stereocenters. The molecular formula is C22H21ClN4O3S. The second-order valence-corrected chi connectivity index (χ2v) is 8.40. The molecule has 9 heteroatoms. The Kier molecular flexibility index (Phi) is 5.93. The van der Waals surface area contributed by atoms with E-state index in [1.54, 1.807) is 41.3 Å². The largest absolute Gasteiger partial charge is 0.463 e. The number of carbonyl (C=O) groups is 1. The number of halogens is 1. The van der Waals surface area contributed by atoms with E-state index in [1.165, 1.54) is 11.3 Å². The van der Waals surface area contributed by atoms with Crippen LogP contribution < -0.4 is 14.9 Å². The highest BCUT2D eigenvalue weighted by atomic mass is 35.5. The van der Waals surface area contributed by atoms with Crippen molar-refractivity contribution in [3.63, 3.8) is 0 Å². The highest BCUT2D eigenvalue weighted by Gasteiger charge is 2.33. The van der Waals surface area contributed by atoms with Crippen LogP contribution in [0.1, 0.15) is 38.1 Å². The number of carbonyl (C=O) groups excluding carboxylic acids is 1. The normalized spacial score (nSPS) is 16.3. The summed E-state index contributed by atoms with van der Waals surface area (Å²) in [6, 6.07) is 8.30. The van der Waals surface area contributed by atoms with Crippen LogP contribution in [0.2, 0.25) is 5.02 Å². The van der Waals surface area contributed by atoms with Gasteiger partial charge < -0.3 is 4.74 Å². The number of rotatable bonds is 5. The summed E-state index contributed by atoms with van der Waals surface area (Å²) in [6.07, 6.45) is 3.61. The number of thiazole rings is 1. The summed E-state index contributed by atoms with van der Waals surface area (Å²) in [5, 5.41) is 5.00. The molecule has 3 heterocycles. The van der Waals surface area contributed by atoms with E-state index in [9.17, 15) is 9.59 Å². The van der Waals surface area contributed by atoms with E-state index in [0.29, 0.717) is 31.3 Å². The average Bonchev–Trinajstić information content (AvgIpc) is 3.32. The monoisotopic (exact) mass is 456 g/mol. The number of hydrogen-bond acceptors (Lipinski definition) is 6. The van der Waals surface area contributed by atoms with Gasteiger partial charge in [-0.15, -0.1) is 0 Å². The molecule has 7 nitrogen and oxygen atoms in total. The number of aromatic nitrogens is 3. The number of benzene rings is 1. The summed E-state index contributed by atoms with van der Waals surface area (Å²) >= 11 is 7.34. The van der Waals surface area contributed by atoms with Crippen LogP contribution in [0.3, 0.4) is 0 Å². The van der Waals surface area contributed by atoms with E-state index < -0.39 is 12.0 Å². The lowest BCUT2D eigenvalue weighted by atomic mass is 9.96. The van der Waals surface area contributed by atoms with Gasteiger partial charge in [0.2, 0.25) is 0 Å².